The molecule has 12 heavy (non-hydrogen) atoms. The Kier molecular flexibility index (Phi) is 3.23. The molecule has 5 heteroatoms. The summed E-state index contributed by atoms with van der Waals surface area (Å²) in [5.41, 5.74) is 4.00. The van der Waals surface area contributed by atoms with Crippen LogP contribution in [-0.4, -0.2) is 17.4 Å². The molecule has 0 heterocycles. The van der Waals surface area contributed by atoms with Gasteiger partial charge in [-0.1, -0.05) is 0 Å². The Hall–Kier alpha value is -1.57. The fourth-order valence-electron chi connectivity index (χ4n) is 0.611. The highest BCUT2D eigenvalue weighted by molar-refractivity contribution is 6.34. The molecule has 66 valence electrons. The summed E-state index contributed by atoms with van der Waals surface area (Å²) in [5, 5.41) is 10.7. The first-order valence-corrected chi connectivity index (χ1v) is 3.38. The van der Waals surface area contributed by atoms with Crippen LogP contribution in [0.2, 0.25) is 0 Å². The van der Waals surface area contributed by atoms with Gasteiger partial charge in [-0.25, -0.2) is 0 Å². The highest BCUT2D eigenvalue weighted by Gasteiger charge is 2.22. The zero-order valence-corrected chi connectivity index (χ0v) is 7.05. The zero-order chi connectivity index (χ0) is 9.78. The zero-order valence-electron chi connectivity index (χ0n) is 7.05. The molecule has 0 aliphatic heterocycles. The van der Waals surface area contributed by atoms with E-state index in [1.54, 1.807) is 13.8 Å². The second kappa shape index (κ2) is 3.72. The van der Waals surface area contributed by atoms with Gasteiger partial charge in [0.25, 0.3) is 0 Å². The van der Waals surface area contributed by atoms with E-state index in [-0.39, 0.29) is 6.42 Å². The Morgan fingerprint density at radius 2 is 2.08 bits per heavy atom. The van der Waals surface area contributed by atoms with Crippen LogP contribution < -0.4 is 11.1 Å². The summed E-state index contributed by atoms with van der Waals surface area (Å²) in [4.78, 5) is 21.0. The first kappa shape index (κ1) is 10.4. The Labute approximate surface area is 70.5 Å². The van der Waals surface area contributed by atoms with Crippen LogP contribution >= 0.6 is 0 Å². The Balaban J connectivity index is 4.17. The summed E-state index contributed by atoms with van der Waals surface area (Å²) in [7, 11) is 0. The number of nitrogens with zero attached hydrogens (tertiary/aromatic N) is 1. The largest absolute Gasteiger partial charge is 0.361 e. The lowest BCUT2D eigenvalue weighted by Crippen LogP contribution is -2.48. The summed E-state index contributed by atoms with van der Waals surface area (Å²) < 4.78 is 0. The molecule has 0 atom stereocenters. The van der Waals surface area contributed by atoms with Crippen LogP contribution in [0.15, 0.2) is 0 Å². The normalized spacial score (nSPS) is 10.1. The monoisotopic (exact) mass is 169 g/mol. The van der Waals surface area contributed by atoms with Crippen molar-refractivity contribution in [2.75, 3.05) is 0 Å². The van der Waals surface area contributed by atoms with Crippen LogP contribution in [-0.2, 0) is 9.59 Å². The third-order valence-corrected chi connectivity index (χ3v) is 1.20. The molecule has 0 aromatic carbocycles. The van der Waals surface area contributed by atoms with Crippen molar-refractivity contribution < 1.29 is 9.59 Å². The maximum absolute atomic E-state index is 10.7. The van der Waals surface area contributed by atoms with Crippen molar-refractivity contribution in [3.05, 3.63) is 0 Å². The number of nitriles is 1. The van der Waals surface area contributed by atoms with Crippen LogP contribution in [0.1, 0.15) is 20.3 Å². The van der Waals surface area contributed by atoms with Crippen LogP contribution in [0.25, 0.3) is 0 Å². The highest BCUT2D eigenvalue weighted by Crippen LogP contribution is 2.05. The summed E-state index contributed by atoms with van der Waals surface area (Å²) in [6.07, 6.45) is 0.131. The molecule has 5 nitrogen and oxygen atoms in total. The third kappa shape index (κ3) is 3.56. The van der Waals surface area contributed by atoms with Gasteiger partial charge in [0.1, 0.15) is 0 Å². The molecule has 0 aromatic heterocycles. The molecule has 0 spiro atoms. The average molecular weight is 169 g/mol. The van der Waals surface area contributed by atoms with Crippen molar-refractivity contribution >= 4 is 11.8 Å². The molecule has 0 unspecified atom stereocenters. The van der Waals surface area contributed by atoms with Crippen molar-refractivity contribution in [1.29, 1.82) is 5.26 Å². The SMILES string of the molecule is CC(C)(CC#N)NC(=O)C(N)=O. The van der Waals surface area contributed by atoms with Crippen LogP contribution in [0, 0.1) is 11.3 Å². The summed E-state index contributed by atoms with van der Waals surface area (Å²) in [6, 6.07) is 1.89. The number of hydrogen-bond donors (Lipinski definition) is 2. The lowest BCUT2D eigenvalue weighted by Gasteiger charge is -2.21. The van der Waals surface area contributed by atoms with Crippen molar-refractivity contribution in [2.45, 2.75) is 25.8 Å². The first-order valence-electron chi connectivity index (χ1n) is 3.38. The molecule has 0 rings (SSSR count). The number of primary amides is 1. The van der Waals surface area contributed by atoms with Crippen molar-refractivity contribution in [2.24, 2.45) is 5.73 Å². The Morgan fingerprint density at radius 1 is 1.58 bits per heavy atom. The van der Waals surface area contributed by atoms with E-state index >= 15 is 0 Å². The fourth-order valence-corrected chi connectivity index (χ4v) is 0.611. The van der Waals surface area contributed by atoms with Gasteiger partial charge in [-0.05, 0) is 13.8 Å². The number of nitrogens with two attached hydrogens (primary N) is 1. The average Bonchev–Trinajstić information content (AvgIpc) is 1.85. The van der Waals surface area contributed by atoms with E-state index in [0.29, 0.717) is 0 Å². The Bertz CT molecular complexity index is 240. The minimum Gasteiger partial charge on any atom is -0.361 e. The van der Waals surface area contributed by atoms with E-state index in [4.69, 9.17) is 11.0 Å². The molecule has 0 bridgehead atoms. The van der Waals surface area contributed by atoms with Crippen LogP contribution in [0.4, 0.5) is 0 Å². The summed E-state index contributed by atoms with van der Waals surface area (Å²) >= 11 is 0. The van der Waals surface area contributed by atoms with Gasteiger partial charge < -0.3 is 11.1 Å². The van der Waals surface area contributed by atoms with Gasteiger partial charge >= 0.3 is 11.8 Å². The van der Waals surface area contributed by atoms with Crippen LogP contribution in [0.3, 0.4) is 0 Å². The molecule has 0 radical (unpaired) electrons. The van der Waals surface area contributed by atoms with E-state index in [2.05, 4.69) is 5.32 Å². The van der Waals surface area contributed by atoms with E-state index in [1.165, 1.54) is 0 Å². The molecule has 0 fully saturated rings. The molecule has 0 saturated heterocycles. The van der Waals surface area contributed by atoms with Crippen molar-refractivity contribution in [3.8, 4) is 6.07 Å². The third-order valence-electron chi connectivity index (χ3n) is 1.20. The number of amides is 2. The quantitative estimate of drug-likeness (QED) is 0.534. The van der Waals surface area contributed by atoms with Crippen LogP contribution in [0.5, 0.6) is 0 Å². The van der Waals surface area contributed by atoms with Crippen molar-refractivity contribution in [1.82, 2.24) is 5.32 Å². The smallest absolute Gasteiger partial charge is 0.309 e. The van der Waals surface area contributed by atoms with Crippen molar-refractivity contribution in [3.63, 3.8) is 0 Å². The van der Waals surface area contributed by atoms with E-state index in [0.717, 1.165) is 0 Å². The maximum atomic E-state index is 10.7. The second-order valence-corrected chi connectivity index (χ2v) is 3.04. The molecule has 0 aromatic rings. The molecule has 0 aliphatic carbocycles. The van der Waals surface area contributed by atoms with Gasteiger partial charge in [-0.3, -0.25) is 9.59 Å². The van der Waals surface area contributed by atoms with E-state index in [9.17, 15) is 9.59 Å². The van der Waals surface area contributed by atoms with Gasteiger partial charge in [0.15, 0.2) is 0 Å². The minimum atomic E-state index is -1.04. The van der Waals surface area contributed by atoms with E-state index < -0.39 is 17.4 Å². The summed E-state index contributed by atoms with van der Waals surface area (Å²) in [6.45, 7) is 3.27. The molecule has 0 saturated carbocycles. The van der Waals surface area contributed by atoms with Gasteiger partial charge in [-0.15, -0.1) is 0 Å². The number of rotatable bonds is 2. The highest BCUT2D eigenvalue weighted by atomic mass is 16.2. The van der Waals surface area contributed by atoms with E-state index in [1.807, 2.05) is 6.07 Å². The molecular formula is C7H11N3O2. The molecule has 3 N–H and O–H groups in total. The lowest BCUT2D eigenvalue weighted by atomic mass is 10.0. The number of nitrogens with one attached hydrogen (secondary N) is 1. The minimum absolute atomic E-state index is 0.131. The van der Waals surface area contributed by atoms with Gasteiger partial charge in [-0.2, -0.15) is 5.26 Å². The first-order chi connectivity index (χ1) is 5.39. The molecular weight excluding hydrogens is 158 g/mol. The molecule has 2 amide bonds. The fraction of sp³-hybridized carbons (Fsp3) is 0.571. The second-order valence-electron chi connectivity index (χ2n) is 3.04. The standard InChI is InChI=1S/C7H11N3O2/c1-7(2,3-4-8)10-6(12)5(9)11/h3H2,1-2H3,(H2,9,11)(H,10,12). The van der Waals surface area contributed by atoms with Gasteiger partial charge in [0.05, 0.1) is 12.5 Å². The lowest BCUT2D eigenvalue weighted by molar-refractivity contribution is -0.138. The number of carbonyl (C=O) groups is 2. The molecule has 0 aliphatic rings. The van der Waals surface area contributed by atoms with Gasteiger partial charge in [0, 0.05) is 5.54 Å². The summed E-state index contributed by atoms with van der Waals surface area (Å²) in [5.74, 6) is -1.91. The maximum Gasteiger partial charge on any atom is 0.309 e. The number of hydrogen-bond acceptors (Lipinski definition) is 3. The predicted molar refractivity (Wildman–Crippen MR) is 41.6 cm³/mol. The van der Waals surface area contributed by atoms with Gasteiger partial charge in [0.2, 0.25) is 0 Å². The Morgan fingerprint density at radius 3 is 2.42 bits per heavy atom. The number of carbonyl (C=O) groups excluding carboxylic acids is 2. The predicted octanol–water partition coefficient (Wildman–Crippen LogP) is -0.720. The topological polar surface area (TPSA) is 96.0 Å².